The molecular formula is C15H12ClF3. The maximum absolute atomic E-state index is 13.7. The lowest BCUT2D eigenvalue weighted by Gasteiger charge is -2.15. The Morgan fingerprint density at radius 2 is 1.68 bits per heavy atom. The third-order valence-electron chi connectivity index (χ3n) is 3.01. The molecule has 2 rings (SSSR count). The normalized spacial score (nSPS) is 12.4. The van der Waals surface area contributed by atoms with Crippen LogP contribution in [0.3, 0.4) is 0 Å². The maximum Gasteiger partial charge on any atom is 0.126 e. The molecule has 0 saturated carbocycles. The van der Waals surface area contributed by atoms with Gasteiger partial charge in [-0.3, -0.25) is 0 Å². The molecule has 0 amide bonds. The van der Waals surface area contributed by atoms with Gasteiger partial charge in [-0.05, 0) is 41.8 Å². The summed E-state index contributed by atoms with van der Waals surface area (Å²) >= 11 is 5.83. The van der Waals surface area contributed by atoms with E-state index in [1.54, 1.807) is 18.2 Å². The molecule has 0 radical (unpaired) electrons. The van der Waals surface area contributed by atoms with Crippen LogP contribution in [0, 0.1) is 17.5 Å². The molecule has 0 aliphatic carbocycles. The molecular weight excluding hydrogens is 273 g/mol. The summed E-state index contributed by atoms with van der Waals surface area (Å²) in [6, 6.07) is 9.45. The van der Waals surface area contributed by atoms with E-state index in [0.29, 0.717) is 5.56 Å². The molecule has 19 heavy (non-hydrogen) atoms. The molecule has 0 N–H and O–H groups in total. The van der Waals surface area contributed by atoms with Gasteiger partial charge in [0.2, 0.25) is 0 Å². The van der Waals surface area contributed by atoms with Gasteiger partial charge in [0.05, 0.1) is 0 Å². The molecule has 0 aromatic heterocycles. The van der Waals surface area contributed by atoms with E-state index in [9.17, 15) is 13.2 Å². The predicted molar refractivity (Wildman–Crippen MR) is 69.9 cm³/mol. The van der Waals surface area contributed by atoms with Crippen LogP contribution in [0.25, 0.3) is 0 Å². The van der Waals surface area contributed by atoms with Crippen molar-refractivity contribution in [2.24, 2.45) is 0 Å². The average molecular weight is 285 g/mol. The van der Waals surface area contributed by atoms with Crippen molar-refractivity contribution >= 4 is 11.6 Å². The van der Waals surface area contributed by atoms with Crippen molar-refractivity contribution < 1.29 is 13.2 Å². The van der Waals surface area contributed by atoms with Crippen LogP contribution < -0.4 is 0 Å². The third-order valence-corrected chi connectivity index (χ3v) is 3.38. The van der Waals surface area contributed by atoms with Crippen LogP contribution in [-0.2, 0) is 6.42 Å². The highest BCUT2D eigenvalue weighted by molar-refractivity contribution is 6.18. The van der Waals surface area contributed by atoms with Gasteiger partial charge in [0.1, 0.15) is 17.5 Å². The monoisotopic (exact) mass is 284 g/mol. The second-order valence-electron chi connectivity index (χ2n) is 4.31. The Kier molecular flexibility index (Phi) is 4.48. The third kappa shape index (κ3) is 3.29. The summed E-state index contributed by atoms with van der Waals surface area (Å²) in [5.74, 6) is -1.66. The van der Waals surface area contributed by atoms with Crippen LogP contribution in [-0.4, -0.2) is 5.88 Å². The van der Waals surface area contributed by atoms with Crippen LogP contribution in [0.4, 0.5) is 13.2 Å². The number of alkyl halides is 1. The largest absolute Gasteiger partial charge is 0.207 e. The van der Waals surface area contributed by atoms with Crippen LogP contribution in [0.15, 0.2) is 42.5 Å². The zero-order chi connectivity index (χ0) is 13.8. The lowest BCUT2D eigenvalue weighted by molar-refractivity contribution is 0.562. The predicted octanol–water partition coefficient (Wildman–Crippen LogP) is 4.67. The van der Waals surface area contributed by atoms with Crippen LogP contribution in [0.5, 0.6) is 0 Å². The zero-order valence-corrected chi connectivity index (χ0v) is 10.8. The van der Waals surface area contributed by atoms with E-state index in [-0.39, 0.29) is 29.6 Å². The van der Waals surface area contributed by atoms with Crippen LogP contribution >= 0.6 is 11.6 Å². The van der Waals surface area contributed by atoms with Crippen LogP contribution in [0.2, 0.25) is 0 Å². The summed E-state index contributed by atoms with van der Waals surface area (Å²) in [6.45, 7) is 0. The fraction of sp³-hybridized carbons (Fsp3) is 0.200. The molecule has 2 aromatic rings. The minimum atomic E-state index is -0.516. The maximum atomic E-state index is 13.7. The number of benzene rings is 2. The first-order chi connectivity index (χ1) is 9.11. The zero-order valence-electron chi connectivity index (χ0n) is 10.0. The van der Waals surface area contributed by atoms with Gasteiger partial charge in [0.25, 0.3) is 0 Å². The Morgan fingerprint density at radius 1 is 0.947 bits per heavy atom. The van der Waals surface area contributed by atoms with Crippen molar-refractivity contribution in [1.29, 1.82) is 0 Å². The Balaban J connectivity index is 2.29. The minimum Gasteiger partial charge on any atom is -0.207 e. The molecule has 0 saturated heterocycles. The summed E-state index contributed by atoms with van der Waals surface area (Å²) in [6.07, 6.45) is 0.161. The van der Waals surface area contributed by atoms with Gasteiger partial charge in [-0.15, -0.1) is 11.6 Å². The van der Waals surface area contributed by atoms with Gasteiger partial charge in [-0.1, -0.05) is 18.2 Å². The van der Waals surface area contributed by atoms with E-state index in [1.165, 1.54) is 6.07 Å². The number of rotatable bonds is 4. The Hall–Kier alpha value is -1.48. The van der Waals surface area contributed by atoms with E-state index in [0.717, 1.165) is 18.2 Å². The van der Waals surface area contributed by atoms with E-state index >= 15 is 0 Å². The highest BCUT2D eigenvalue weighted by Gasteiger charge is 2.17. The Morgan fingerprint density at radius 3 is 2.37 bits per heavy atom. The molecule has 0 heterocycles. The molecule has 0 aliphatic heterocycles. The summed E-state index contributed by atoms with van der Waals surface area (Å²) in [4.78, 5) is 0. The summed E-state index contributed by atoms with van der Waals surface area (Å²) in [7, 11) is 0. The molecule has 100 valence electrons. The van der Waals surface area contributed by atoms with Gasteiger partial charge in [-0.25, -0.2) is 13.2 Å². The summed E-state index contributed by atoms with van der Waals surface area (Å²) < 4.78 is 40.4. The number of hydrogen-bond acceptors (Lipinski definition) is 0. The van der Waals surface area contributed by atoms with Crippen molar-refractivity contribution in [3.63, 3.8) is 0 Å². The molecule has 0 spiro atoms. The standard InChI is InChI=1S/C15H12ClF3/c16-9-11(13-3-1-2-4-15(13)19)7-10-8-12(17)5-6-14(10)18/h1-6,8,11H,7,9H2. The Labute approximate surface area is 114 Å². The van der Waals surface area contributed by atoms with Crippen molar-refractivity contribution in [2.75, 3.05) is 5.88 Å². The molecule has 4 heteroatoms. The highest BCUT2D eigenvalue weighted by Crippen LogP contribution is 2.26. The second-order valence-corrected chi connectivity index (χ2v) is 4.62. The van der Waals surface area contributed by atoms with Crippen molar-refractivity contribution in [3.8, 4) is 0 Å². The van der Waals surface area contributed by atoms with Gasteiger partial charge >= 0.3 is 0 Å². The lowest BCUT2D eigenvalue weighted by atomic mass is 9.93. The van der Waals surface area contributed by atoms with Crippen molar-refractivity contribution in [3.05, 3.63) is 71.0 Å². The van der Waals surface area contributed by atoms with Gasteiger partial charge in [0, 0.05) is 11.8 Å². The van der Waals surface area contributed by atoms with E-state index in [2.05, 4.69) is 0 Å². The first-order valence-electron chi connectivity index (χ1n) is 5.86. The lowest BCUT2D eigenvalue weighted by Crippen LogP contribution is -2.08. The fourth-order valence-electron chi connectivity index (χ4n) is 2.02. The SMILES string of the molecule is Fc1ccc(F)c(CC(CCl)c2ccccc2F)c1. The van der Waals surface area contributed by atoms with Gasteiger partial charge in [0.15, 0.2) is 0 Å². The molecule has 0 nitrogen and oxygen atoms in total. The summed E-state index contributed by atoms with van der Waals surface area (Å²) in [5.41, 5.74) is 0.620. The smallest absolute Gasteiger partial charge is 0.126 e. The van der Waals surface area contributed by atoms with Crippen LogP contribution in [0.1, 0.15) is 17.0 Å². The quantitative estimate of drug-likeness (QED) is 0.716. The van der Waals surface area contributed by atoms with E-state index in [4.69, 9.17) is 11.6 Å². The number of halogens is 4. The molecule has 0 aliphatic rings. The van der Waals surface area contributed by atoms with Gasteiger partial charge in [-0.2, -0.15) is 0 Å². The minimum absolute atomic E-state index is 0.136. The molecule has 1 unspecified atom stereocenters. The van der Waals surface area contributed by atoms with Crippen molar-refractivity contribution in [1.82, 2.24) is 0 Å². The fourth-order valence-corrected chi connectivity index (χ4v) is 2.29. The first-order valence-corrected chi connectivity index (χ1v) is 6.39. The summed E-state index contributed by atoms with van der Waals surface area (Å²) in [5, 5.41) is 0. The molecule has 2 aromatic carbocycles. The second kappa shape index (κ2) is 6.11. The molecule has 0 bridgehead atoms. The first kappa shape index (κ1) is 13.9. The highest BCUT2D eigenvalue weighted by atomic mass is 35.5. The topological polar surface area (TPSA) is 0 Å². The van der Waals surface area contributed by atoms with E-state index in [1.807, 2.05) is 0 Å². The number of hydrogen-bond donors (Lipinski definition) is 0. The van der Waals surface area contributed by atoms with E-state index < -0.39 is 11.6 Å². The Bertz CT molecular complexity index is 569. The van der Waals surface area contributed by atoms with Crippen molar-refractivity contribution in [2.45, 2.75) is 12.3 Å². The average Bonchev–Trinajstić information content (AvgIpc) is 2.41. The molecule has 0 fully saturated rings. The van der Waals surface area contributed by atoms with Gasteiger partial charge < -0.3 is 0 Å². The molecule has 1 atom stereocenters.